The van der Waals surface area contributed by atoms with E-state index in [1.165, 1.54) is 5.56 Å². The smallest absolute Gasteiger partial charge is 0.267 e. The van der Waals surface area contributed by atoms with Gasteiger partial charge in [0.05, 0.1) is 19.9 Å². The topological polar surface area (TPSA) is 79.0 Å². The maximum atomic E-state index is 5.64. The van der Waals surface area contributed by atoms with E-state index in [0.717, 1.165) is 17.5 Å². The number of benzene rings is 2. The zero-order valence-corrected chi connectivity index (χ0v) is 17.8. The quantitative estimate of drug-likeness (QED) is 0.338. The van der Waals surface area contributed by atoms with E-state index in [1.807, 2.05) is 30.3 Å². The third-order valence-corrected chi connectivity index (χ3v) is 4.42. The van der Waals surface area contributed by atoms with Crippen LogP contribution in [0.4, 0.5) is 0 Å². The van der Waals surface area contributed by atoms with Crippen LogP contribution in [0, 0.1) is 0 Å². The summed E-state index contributed by atoms with van der Waals surface area (Å²) in [5.41, 5.74) is 2.99. The number of rotatable bonds is 10. The first-order valence-corrected chi connectivity index (χ1v) is 9.99. The van der Waals surface area contributed by atoms with Crippen LogP contribution in [0.3, 0.4) is 0 Å². The molecule has 0 amide bonds. The fourth-order valence-corrected chi connectivity index (χ4v) is 2.73. The van der Waals surface area contributed by atoms with Crippen molar-refractivity contribution in [1.29, 1.82) is 0 Å². The van der Waals surface area contributed by atoms with Gasteiger partial charge in [0.2, 0.25) is 5.82 Å². The van der Waals surface area contributed by atoms with Gasteiger partial charge in [-0.1, -0.05) is 55.3 Å². The van der Waals surface area contributed by atoms with Gasteiger partial charge in [-0.3, -0.25) is 0 Å². The lowest BCUT2D eigenvalue weighted by molar-refractivity contribution is 0.107. The number of aromatic nitrogens is 2. The Kier molecular flexibility index (Phi) is 7.43. The second-order valence-corrected chi connectivity index (χ2v) is 7.06. The summed E-state index contributed by atoms with van der Waals surface area (Å²) in [7, 11) is 1.61. The maximum Gasteiger partial charge on any atom is 0.267 e. The molecule has 0 unspecified atom stereocenters. The van der Waals surface area contributed by atoms with E-state index >= 15 is 0 Å². The Bertz CT molecular complexity index is 965. The van der Waals surface area contributed by atoms with E-state index < -0.39 is 0 Å². The summed E-state index contributed by atoms with van der Waals surface area (Å²) in [6.07, 6.45) is 2.52. The Labute approximate surface area is 176 Å². The number of methoxy groups -OCH3 is 1. The van der Waals surface area contributed by atoms with E-state index in [1.54, 1.807) is 13.3 Å². The third-order valence-electron chi connectivity index (χ3n) is 4.42. The highest BCUT2D eigenvalue weighted by Crippen LogP contribution is 2.27. The molecule has 2 aromatic carbocycles. The fraction of sp³-hybridized carbons (Fsp3) is 0.348. The Morgan fingerprint density at radius 3 is 2.60 bits per heavy atom. The number of hydrogen-bond acceptors (Lipinski definition) is 7. The molecule has 0 aliphatic heterocycles. The predicted molar refractivity (Wildman–Crippen MR) is 115 cm³/mol. The van der Waals surface area contributed by atoms with E-state index in [0.29, 0.717) is 35.7 Å². The van der Waals surface area contributed by atoms with Crippen molar-refractivity contribution in [3.63, 3.8) is 0 Å². The van der Waals surface area contributed by atoms with Crippen LogP contribution in [0.1, 0.15) is 50.1 Å². The molecule has 158 valence electrons. The van der Waals surface area contributed by atoms with Gasteiger partial charge < -0.3 is 18.8 Å². The number of hydrogen-bond donors (Lipinski definition) is 0. The van der Waals surface area contributed by atoms with E-state index in [4.69, 9.17) is 18.8 Å². The number of nitrogens with zero attached hydrogens (tertiary/aromatic N) is 3. The van der Waals surface area contributed by atoms with Crippen LogP contribution < -0.4 is 9.47 Å². The molecule has 30 heavy (non-hydrogen) atoms. The first-order valence-electron chi connectivity index (χ1n) is 9.99. The van der Waals surface area contributed by atoms with Crippen molar-refractivity contribution in [1.82, 2.24) is 10.1 Å². The summed E-state index contributed by atoms with van der Waals surface area (Å²) in [4.78, 5) is 9.65. The van der Waals surface area contributed by atoms with Gasteiger partial charge in [-0.25, -0.2) is 0 Å². The Balaban J connectivity index is 1.56. The lowest BCUT2D eigenvalue weighted by Gasteiger charge is -2.10. The number of oxime groups is 1. The van der Waals surface area contributed by atoms with Gasteiger partial charge in [0.15, 0.2) is 18.1 Å². The van der Waals surface area contributed by atoms with Crippen LogP contribution >= 0.6 is 0 Å². The highest BCUT2D eigenvalue weighted by molar-refractivity contribution is 5.80. The molecular weight excluding hydrogens is 382 g/mol. The van der Waals surface area contributed by atoms with Gasteiger partial charge in [0.1, 0.15) is 0 Å². The highest BCUT2D eigenvalue weighted by Gasteiger charge is 2.10. The van der Waals surface area contributed by atoms with Gasteiger partial charge in [0, 0.05) is 11.1 Å². The fourth-order valence-electron chi connectivity index (χ4n) is 2.73. The average Bonchev–Trinajstić information content (AvgIpc) is 3.24. The lowest BCUT2D eigenvalue weighted by Crippen LogP contribution is -1.98. The summed E-state index contributed by atoms with van der Waals surface area (Å²) in [6.45, 7) is 7.09. The standard InChI is InChI=1S/C23H27N3O4/c1-5-12-28-20-11-6-17(13-21(20)27-4)14-24-29-15-22-25-23(26-30-22)19-9-7-18(8-10-19)16(2)3/h6-11,13-14,16H,5,12,15H2,1-4H3/b24-14-. The maximum absolute atomic E-state index is 5.64. The molecule has 0 N–H and O–H groups in total. The van der Waals surface area contributed by atoms with E-state index in [9.17, 15) is 0 Å². The average molecular weight is 409 g/mol. The highest BCUT2D eigenvalue weighted by atomic mass is 16.6. The monoisotopic (exact) mass is 409 g/mol. The molecule has 7 nitrogen and oxygen atoms in total. The van der Waals surface area contributed by atoms with Crippen molar-refractivity contribution >= 4 is 6.21 Å². The molecule has 0 bridgehead atoms. The minimum Gasteiger partial charge on any atom is -0.493 e. The summed E-state index contributed by atoms with van der Waals surface area (Å²) >= 11 is 0. The van der Waals surface area contributed by atoms with Crippen molar-refractivity contribution in [2.75, 3.05) is 13.7 Å². The van der Waals surface area contributed by atoms with Gasteiger partial charge in [-0.2, -0.15) is 4.98 Å². The van der Waals surface area contributed by atoms with Crippen molar-refractivity contribution in [2.45, 2.75) is 39.7 Å². The van der Waals surface area contributed by atoms with Crippen molar-refractivity contribution in [3.8, 4) is 22.9 Å². The second-order valence-electron chi connectivity index (χ2n) is 7.06. The Morgan fingerprint density at radius 2 is 1.90 bits per heavy atom. The lowest BCUT2D eigenvalue weighted by atomic mass is 10.0. The minimum absolute atomic E-state index is 0.0857. The molecule has 1 aromatic heterocycles. The zero-order valence-electron chi connectivity index (χ0n) is 17.8. The molecule has 0 fully saturated rings. The third kappa shape index (κ3) is 5.59. The molecular formula is C23H27N3O4. The molecule has 0 aliphatic rings. The zero-order chi connectivity index (χ0) is 21.3. The van der Waals surface area contributed by atoms with Gasteiger partial charge in [-0.15, -0.1) is 0 Å². The summed E-state index contributed by atoms with van der Waals surface area (Å²) < 4.78 is 16.2. The second kappa shape index (κ2) is 10.4. The molecule has 7 heteroatoms. The summed E-state index contributed by atoms with van der Waals surface area (Å²) in [5.74, 6) is 2.72. The summed E-state index contributed by atoms with van der Waals surface area (Å²) in [6, 6.07) is 13.7. The molecule has 1 heterocycles. The van der Waals surface area contributed by atoms with Crippen LogP contribution in [-0.4, -0.2) is 30.1 Å². The Hall–Kier alpha value is -3.35. The van der Waals surface area contributed by atoms with Crippen LogP contribution in [0.25, 0.3) is 11.4 Å². The first kappa shape index (κ1) is 21.4. The van der Waals surface area contributed by atoms with Gasteiger partial charge in [0.25, 0.3) is 5.89 Å². The molecule has 0 saturated carbocycles. The molecule has 0 saturated heterocycles. The predicted octanol–water partition coefficient (Wildman–Crippen LogP) is 5.21. The molecule has 0 aliphatic carbocycles. The van der Waals surface area contributed by atoms with Crippen molar-refractivity contribution < 1.29 is 18.8 Å². The number of ether oxygens (including phenoxy) is 2. The Morgan fingerprint density at radius 1 is 1.10 bits per heavy atom. The normalized spacial score (nSPS) is 11.2. The van der Waals surface area contributed by atoms with E-state index in [-0.39, 0.29) is 6.61 Å². The molecule has 3 rings (SSSR count). The van der Waals surface area contributed by atoms with Crippen LogP contribution in [0.5, 0.6) is 11.5 Å². The molecule has 0 spiro atoms. The van der Waals surface area contributed by atoms with Gasteiger partial charge in [-0.05, 0) is 36.1 Å². The first-order chi connectivity index (χ1) is 14.6. The van der Waals surface area contributed by atoms with Gasteiger partial charge >= 0.3 is 0 Å². The van der Waals surface area contributed by atoms with Crippen molar-refractivity contribution in [3.05, 3.63) is 59.5 Å². The van der Waals surface area contributed by atoms with Crippen LogP contribution in [-0.2, 0) is 11.4 Å². The molecule has 3 aromatic rings. The van der Waals surface area contributed by atoms with Crippen LogP contribution in [0.15, 0.2) is 52.1 Å². The van der Waals surface area contributed by atoms with E-state index in [2.05, 4.69) is 48.2 Å². The molecule has 0 radical (unpaired) electrons. The minimum atomic E-state index is 0.0857. The van der Waals surface area contributed by atoms with Crippen molar-refractivity contribution in [2.24, 2.45) is 5.16 Å². The summed E-state index contributed by atoms with van der Waals surface area (Å²) in [5, 5.41) is 7.97. The van der Waals surface area contributed by atoms with Crippen LogP contribution in [0.2, 0.25) is 0 Å². The molecule has 0 atom stereocenters. The largest absolute Gasteiger partial charge is 0.493 e. The SMILES string of the molecule is CCCOc1ccc(/C=N\OCc2nc(-c3ccc(C(C)C)cc3)no2)cc1OC.